The summed E-state index contributed by atoms with van der Waals surface area (Å²) in [5.74, 6) is 2.13. The van der Waals surface area contributed by atoms with Crippen LogP contribution in [0.1, 0.15) is 43.7 Å². The van der Waals surface area contributed by atoms with Gasteiger partial charge in [-0.1, -0.05) is 13.3 Å². The third-order valence-corrected chi connectivity index (χ3v) is 5.56. The van der Waals surface area contributed by atoms with Crippen molar-refractivity contribution in [2.45, 2.75) is 45.7 Å². The maximum atomic E-state index is 12.1. The van der Waals surface area contributed by atoms with E-state index < -0.39 is 0 Å². The van der Waals surface area contributed by atoms with Crippen molar-refractivity contribution in [3.8, 4) is 11.5 Å². The number of hydrogen-bond donors (Lipinski definition) is 4. The van der Waals surface area contributed by atoms with Crippen LogP contribution in [0.25, 0.3) is 11.0 Å². The molecule has 1 aromatic carbocycles. The molecule has 0 unspecified atom stereocenters. The lowest BCUT2D eigenvalue weighted by atomic mass is 10.1. The Kier molecular flexibility index (Phi) is 9.47. The van der Waals surface area contributed by atoms with Gasteiger partial charge in [-0.25, -0.2) is 4.98 Å². The van der Waals surface area contributed by atoms with E-state index >= 15 is 0 Å². The quantitative estimate of drug-likeness (QED) is 0.254. The largest absolute Gasteiger partial charge is 0.496 e. The molecule has 0 aliphatic heterocycles. The van der Waals surface area contributed by atoms with Gasteiger partial charge in [-0.05, 0) is 44.1 Å². The van der Waals surface area contributed by atoms with Crippen molar-refractivity contribution in [2.75, 3.05) is 45.4 Å². The number of unbranched alkanes of at least 4 members (excludes halogenated alkanes) is 1. The highest BCUT2D eigenvalue weighted by molar-refractivity contribution is 5.85. The number of hydrogen-bond acceptors (Lipinski definition) is 9. The second-order valence-electron chi connectivity index (χ2n) is 8.23. The normalized spacial score (nSPS) is 11.0. The Morgan fingerprint density at radius 3 is 2.51 bits per heavy atom. The molecule has 11 heteroatoms. The second kappa shape index (κ2) is 12.7. The molecular weight excluding hydrogens is 448 g/mol. The number of carbonyl (C=O) groups excluding carboxylic acids is 1. The SMILES string of the molecule is CCCCNc1nc(N)nc2cn(Cc3c(OC)cc(CNC(=O)CCCNC)cc3OC)nc12. The molecule has 0 radical (unpaired) electrons. The third kappa shape index (κ3) is 6.95. The number of amides is 1. The van der Waals surface area contributed by atoms with Gasteiger partial charge in [0.2, 0.25) is 11.9 Å². The van der Waals surface area contributed by atoms with E-state index in [1.54, 1.807) is 18.9 Å². The topological polar surface area (TPSA) is 141 Å². The number of nitrogen functional groups attached to an aromatic ring is 1. The van der Waals surface area contributed by atoms with Crippen LogP contribution in [0.15, 0.2) is 18.3 Å². The number of aromatic nitrogens is 4. The minimum atomic E-state index is 0.00854. The summed E-state index contributed by atoms with van der Waals surface area (Å²) in [7, 11) is 5.09. The van der Waals surface area contributed by atoms with Gasteiger partial charge in [-0.2, -0.15) is 10.1 Å². The zero-order valence-corrected chi connectivity index (χ0v) is 21.0. The average Bonchev–Trinajstić information content (AvgIpc) is 3.25. The van der Waals surface area contributed by atoms with Gasteiger partial charge >= 0.3 is 0 Å². The highest BCUT2D eigenvalue weighted by Gasteiger charge is 2.17. The first-order valence-corrected chi connectivity index (χ1v) is 11.9. The van der Waals surface area contributed by atoms with Crippen LogP contribution in [0, 0.1) is 0 Å². The van der Waals surface area contributed by atoms with Gasteiger partial charge in [0.05, 0.1) is 32.5 Å². The number of nitrogens with zero attached hydrogens (tertiary/aromatic N) is 4. The number of ether oxygens (including phenoxy) is 2. The lowest BCUT2D eigenvalue weighted by Crippen LogP contribution is -2.23. The van der Waals surface area contributed by atoms with Crippen LogP contribution in [0.3, 0.4) is 0 Å². The molecule has 0 atom stereocenters. The zero-order chi connectivity index (χ0) is 25.2. The number of rotatable bonds is 14. The van der Waals surface area contributed by atoms with Crippen molar-refractivity contribution >= 4 is 28.7 Å². The Morgan fingerprint density at radius 1 is 1.11 bits per heavy atom. The molecule has 3 rings (SSSR count). The van der Waals surface area contributed by atoms with E-state index in [0.29, 0.717) is 47.9 Å². The lowest BCUT2D eigenvalue weighted by Gasteiger charge is -2.16. The molecule has 0 fully saturated rings. The summed E-state index contributed by atoms with van der Waals surface area (Å²) >= 11 is 0. The summed E-state index contributed by atoms with van der Waals surface area (Å²) in [6.07, 6.45) is 5.18. The van der Waals surface area contributed by atoms with E-state index in [0.717, 1.165) is 43.5 Å². The maximum absolute atomic E-state index is 12.1. The first kappa shape index (κ1) is 26.0. The average molecular weight is 485 g/mol. The second-order valence-corrected chi connectivity index (χ2v) is 8.23. The Hall–Kier alpha value is -3.60. The molecule has 0 aliphatic rings. The van der Waals surface area contributed by atoms with Gasteiger partial charge in [0, 0.05) is 19.5 Å². The first-order chi connectivity index (χ1) is 17.0. The molecule has 0 spiro atoms. The minimum absolute atomic E-state index is 0.00854. The number of nitrogens with one attached hydrogen (secondary N) is 3. The van der Waals surface area contributed by atoms with Gasteiger partial charge < -0.3 is 31.2 Å². The fourth-order valence-electron chi connectivity index (χ4n) is 3.74. The Morgan fingerprint density at radius 2 is 1.86 bits per heavy atom. The van der Waals surface area contributed by atoms with E-state index in [4.69, 9.17) is 20.3 Å². The zero-order valence-electron chi connectivity index (χ0n) is 21.0. The van der Waals surface area contributed by atoms with E-state index in [-0.39, 0.29) is 11.9 Å². The van der Waals surface area contributed by atoms with Crippen molar-refractivity contribution in [1.29, 1.82) is 0 Å². The van der Waals surface area contributed by atoms with Crippen molar-refractivity contribution in [3.63, 3.8) is 0 Å². The van der Waals surface area contributed by atoms with Gasteiger partial charge in [0.15, 0.2) is 11.3 Å². The number of methoxy groups -OCH3 is 2. The molecule has 0 bridgehead atoms. The van der Waals surface area contributed by atoms with Gasteiger partial charge in [-0.15, -0.1) is 0 Å². The number of benzene rings is 1. The summed E-state index contributed by atoms with van der Waals surface area (Å²) in [5.41, 5.74) is 8.94. The van der Waals surface area contributed by atoms with Crippen LogP contribution in [-0.2, 0) is 17.9 Å². The molecule has 35 heavy (non-hydrogen) atoms. The van der Waals surface area contributed by atoms with Gasteiger partial charge in [0.25, 0.3) is 0 Å². The fraction of sp³-hybridized carbons (Fsp3) is 0.500. The van der Waals surface area contributed by atoms with Crippen LogP contribution in [0.2, 0.25) is 0 Å². The van der Waals surface area contributed by atoms with Crippen molar-refractivity contribution in [3.05, 3.63) is 29.5 Å². The minimum Gasteiger partial charge on any atom is -0.496 e. The highest BCUT2D eigenvalue weighted by atomic mass is 16.5. The molecule has 5 N–H and O–H groups in total. The number of carbonyl (C=O) groups is 1. The van der Waals surface area contributed by atoms with Crippen molar-refractivity contribution in [1.82, 2.24) is 30.4 Å². The van der Waals surface area contributed by atoms with Crippen LogP contribution in [0.5, 0.6) is 11.5 Å². The van der Waals surface area contributed by atoms with Crippen LogP contribution < -0.4 is 31.2 Å². The smallest absolute Gasteiger partial charge is 0.222 e. The summed E-state index contributed by atoms with van der Waals surface area (Å²) in [5, 5.41) is 14.0. The summed E-state index contributed by atoms with van der Waals surface area (Å²) in [6, 6.07) is 3.81. The molecule has 0 saturated heterocycles. The molecule has 190 valence electrons. The monoisotopic (exact) mass is 484 g/mol. The molecule has 3 aromatic rings. The standard InChI is InChI=1S/C24H36N8O3/c1-5-6-10-27-23-22-18(29-24(25)30-23)15-32(31-22)14-17-19(34-3)11-16(12-20(17)35-4)13-28-21(33)8-7-9-26-2/h11-12,15,26H,5-10,13-14H2,1-4H3,(H,28,33)(H3,25,27,29,30). The molecule has 2 aromatic heterocycles. The van der Waals surface area contributed by atoms with E-state index in [2.05, 4.69) is 32.8 Å². The third-order valence-electron chi connectivity index (χ3n) is 5.56. The van der Waals surface area contributed by atoms with E-state index in [1.165, 1.54) is 0 Å². The summed E-state index contributed by atoms with van der Waals surface area (Å²) < 4.78 is 13.1. The fourth-order valence-corrected chi connectivity index (χ4v) is 3.74. The molecule has 1 amide bonds. The predicted octanol–water partition coefficient (Wildman–Crippen LogP) is 2.30. The van der Waals surface area contributed by atoms with Crippen LogP contribution in [0.4, 0.5) is 11.8 Å². The van der Waals surface area contributed by atoms with E-state index in [1.807, 2.05) is 25.4 Å². The van der Waals surface area contributed by atoms with Crippen molar-refractivity contribution < 1.29 is 14.3 Å². The number of fused-ring (bicyclic) bond motifs is 1. The maximum Gasteiger partial charge on any atom is 0.222 e. The Balaban J connectivity index is 1.81. The van der Waals surface area contributed by atoms with Crippen LogP contribution in [-0.4, -0.2) is 60.0 Å². The van der Waals surface area contributed by atoms with Gasteiger partial charge in [0.1, 0.15) is 17.0 Å². The first-order valence-electron chi connectivity index (χ1n) is 11.9. The molecule has 11 nitrogen and oxygen atoms in total. The lowest BCUT2D eigenvalue weighted by molar-refractivity contribution is -0.121. The Bertz CT molecular complexity index is 1110. The Labute approximate surface area is 205 Å². The highest BCUT2D eigenvalue weighted by Crippen LogP contribution is 2.32. The molecule has 0 saturated carbocycles. The molecule has 2 heterocycles. The molecule has 0 aliphatic carbocycles. The molecular formula is C24H36N8O3. The number of anilines is 2. The summed E-state index contributed by atoms with van der Waals surface area (Å²) in [4.78, 5) is 20.7. The van der Waals surface area contributed by atoms with Gasteiger partial charge in [-0.3, -0.25) is 9.48 Å². The van der Waals surface area contributed by atoms with Crippen molar-refractivity contribution in [2.24, 2.45) is 0 Å². The number of nitrogens with two attached hydrogens (primary N) is 1. The van der Waals surface area contributed by atoms with Crippen LogP contribution >= 0.6 is 0 Å². The predicted molar refractivity (Wildman–Crippen MR) is 137 cm³/mol. The summed E-state index contributed by atoms with van der Waals surface area (Å²) in [6.45, 7) is 4.50. The van der Waals surface area contributed by atoms with E-state index in [9.17, 15) is 4.79 Å².